The lowest BCUT2D eigenvalue weighted by Gasteiger charge is -2.40. The molecule has 1 N–H and O–H groups in total. The van der Waals surface area contributed by atoms with Crippen molar-refractivity contribution in [3.05, 3.63) is 210 Å². The molecule has 10 aromatic rings. The van der Waals surface area contributed by atoms with E-state index in [1.54, 1.807) is 0 Å². The number of allylic oxidation sites excluding steroid dienone is 1. The standard InChI is InChI=1S/C54H38N4/c1-54(2)44-28-27-33(31-43(44)51-41-19-3-4-20-42(41)53-55-45-21-9-14-26-50(45)58(53)52(51)54)34-29-35(56-46-22-10-5-15-37(46)38-16-6-11-23-47(38)56)32-36(30-34)57-48-24-12-7-17-39(48)40-18-8-13-25-49(40)57/h3-32,53,55H,1-2H3. The lowest BCUT2D eigenvalue weighted by atomic mass is 9.82. The molecule has 3 aliphatic rings. The van der Waals surface area contributed by atoms with Crippen LogP contribution in [0.2, 0.25) is 0 Å². The van der Waals surface area contributed by atoms with E-state index in [4.69, 9.17) is 0 Å². The second kappa shape index (κ2) is 11.4. The maximum atomic E-state index is 3.88. The smallest absolute Gasteiger partial charge is 0.130 e. The van der Waals surface area contributed by atoms with Crippen LogP contribution in [-0.2, 0) is 5.41 Å². The molecule has 2 aliphatic heterocycles. The average Bonchev–Trinajstić information content (AvgIpc) is 3.99. The maximum Gasteiger partial charge on any atom is 0.130 e. The van der Waals surface area contributed by atoms with E-state index < -0.39 is 0 Å². The highest BCUT2D eigenvalue weighted by atomic mass is 15.3. The van der Waals surface area contributed by atoms with Gasteiger partial charge in [0.15, 0.2) is 0 Å². The number of nitrogens with zero attached hydrogens (tertiary/aromatic N) is 3. The fourth-order valence-electron chi connectivity index (χ4n) is 10.7. The van der Waals surface area contributed by atoms with E-state index in [1.165, 1.54) is 99.6 Å². The van der Waals surface area contributed by atoms with Crippen LogP contribution in [0.3, 0.4) is 0 Å². The van der Waals surface area contributed by atoms with Gasteiger partial charge in [0.2, 0.25) is 0 Å². The number of hydrogen-bond acceptors (Lipinski definition) is 2. The van der Waals surface area contributed by atoms with Gasteiger partial charge in [0, 0.05) is 55.2 Å². The van der Waals surface area contributed by atoms with Crippen LogP contribution in [-0.4, -0.2) is 9.13 Å². The molecule has 4 heterocycles. The molecule has 4 nitrogen and oxygen atoms in total. The Morgan fingerprint density at radius 3 is 1.59 bits per heavy atom. The molecule has 0 saturated heterocycles. The fraction of sp³-hybridized carbons (Fsp3) is 0.0741. The summed E-state index contributed by atoms with van der Waals surface area (Å²) in [6.07, 6.45) is 0.0529. The van der Waals surface area contributed by atoms with Gasteiger partial charge >= 0.3 is 0 Å². The Morgan fingerprint density at radius 1 is 0.466 bits per heavy atom. The van der Waals surface area contributed by atoms with E-state index in [0.29, 0.717) is 0 Å². The third kappa shape index (κ3) is 4.13. The Balaban J connectivity index is 1.09. The van der Waals surface area contributed by atoms with E-state index in [1.807, 2.05) is 0 Å². The van der Waals surface area contributed by atoms with Crippen molar-refractivity contribution in [1.82, 2.24) is 9.13 Å². The molecule has 58 heavy (non-hydrogen) atoms. The zero-order valence-corrected chi connectivity index (χ0v) is 32.2. The highest BCUT2D eigenvalue weighted by Gasteiger charge is 2.49. The molecule has 0 radical (unpaired) electrons. The fourth-order valence-corrected chi connectivity index (χ4v) is 10.7. The van der Waals surface area contributed by atoms with E-state index >= 15 is 0 Å². The molecule has 274 valence electrons. The van der Waals surface area contributed by atoms with Gasteiger partial charge in [0.25, 0.3) is 0 Å². The van der Waals surface area contributed by atoms with Crippen LogP contribution in [0, 0.1) is 0 Å². The highest BCUT2D eigenvalue weighted by molar-refractivity contribution is 6.11. The Hall–Kier alpha value is -7.30. The molecule has 0 bridgehead atoms. The lowest BCUT2D eigenvalue weighted by Crippen LogP contribution is -2.38. The third-order valence-corrected chi connectivity index (χ3v) is 13.2. The van der Waals surface area contributed by atoms with Gasteiger partial charge in [0.05, 0.1) is 33.4 Å². The Labute approximate surface area is 336 Å². The van der Waals surface area contributed by atoms with Crippen molar-refractivity contribution >= 4 is 60.6 Å². The minimum Gasteiger partial charge on any atom is -0.359 e. The molecule has 1 aliphatic carbocycles. The Bertz CT molecular complexity index is 3190. The molecule has 0 amide bonds. The van der Waals surface area contributed by atoms with Crippen LogP contribution in [0.1, 0.15) is 42.3 Å². The first-order chi connectivity index (χ1) is 28.5. The van der Waals surface area contributed by atoms with Crippen LogP contribution < -0.4 is 10.2 Å². The number of benzene rings is 8. The monoisotopic (exact) mass is 742 g/mol. The Morgan fingerprint density at radius 2 is 0.983 bits per heavy atom. The molecule has 1 atom stereocenters. The van der Waals surface area contributed by atoms with E-state index in [9.17, 15) is 0 Å². The van der Waals surface area contributed by atoms with Gasteiger partial charge in [-0.15, -0.1) is 0 Å². The molecular formula is C54H38N4. The number of nitrogens with one attached hydrogen (secondary N) is 1. The summed E-state index contributed by atoms with van der Waals surface area (Å²) in [6.45, 7) is 4.81. The quantitative estimate of drug-likeness (QED) is 0.195. The number of hydrogen-bond donors (Lipinski definition) is 1. The molecule has 0 spiro atoms. The highest BCUT2D eigenvalue weighted by Crippen LogP contribution is 2.60. The van der Waals surface area contributed by atoms with Crippen molar-refractivity contribution in [2.45, 2.75) is 25.4 Å². The second-order valence-electron chi connectivity index (χ2n) is 16.6. The molecule has 4 heteroatoms. The third-order valence-electron chi connectivity index (χ3n) is 13.2. The molecule has 13 rings (SSSR count). The first kappa shape index (κ1) is 31.9. The summed E-state index contributed by atoms with van der Waals surface area (Å²) < 4.78 is 4.91. The molecule has 1 unspecified atom stereocenters. The van der Waals surface area contributed by atoms with Crippen LogP contribution in [0.15, 0.2) is 188 Å². The van der Waals surface area contributed by atoms with E-state index in [0.717, 1.165) is 11.4 Å². The number of rotatable bonds is 3. The van der Waals surface area contributed by atoms with Crippen molar-refractivity contribution in [1.29, 1.82) is 0 Å². The summed E-state index contributed by atoms with van der Waals surface area (Å²) in [5.74, 6) is 0. The Kier molecular flexibility index (Phi) is 6.26. The van der Waals surface area contributed by atoms with Gasteiger partial charge in [-0.3, -0.25) is 0 Å². The van der Waals surface area contributed by atoms with Gasteiger partial charge in [-0.2, -0.15) is 0 Å². The first-order valence-corrected chi connectivity index (χ1v) is 20.3. The van der Waals surface area contributed by atoms with Crippen molar-refractivity contribution in [2.24, 2.45) is 0 Å². The van der Waals surface area contributed by atoms with Gasteiger partial charge in [-0.05, 0) is 88.5 Å². The molecular weight excluding hydrogens is 705 g/mol. The SMILES string of the molecule is CC1(C)C2=C(c3ccccc3C3Nc4ccccc4N23)c2cc(-c3cc(-n4c5ccccc5c5ccccc54)cc(-n4c5ccccc5c5ccccc54)c3)ccc21. The van der Waals surface area contributed by atoms with Crippen molar-refractivity contribution < 1.29 is 0 Å². The normalized spacial score (nSPS) is 16.1. The summed E-state index contributed by atoms with van der Waals surface area (Å²) in [5.41, 5.74) is 19.7. The van der Waals surface area contributed by atoms with E-state index in [2.05, 4.69) is 215 Å². The lowest BCUT2D eigenvalue weighted by molar-refractivity contribution is 0.585. The van der Waals surface area contributed by atoms with Crippen LogP contribution in [0.25, 0.3) is 71.7 Å². The molecule has 0 fully saturated rings. The largest absolute Gasteiger partial charge is 0.359 e. The molecule has 8 aromatic carbocycles. The summed E-state index contributed by atoms with van der Waals surface area (Å²) in [5, 5.41) is 8.91. The van der Waals surface area contributed by atoms with Gasteiger partial charge < -0.3 is 19.4 Å². The predicted octanol–water partition coefficient (Wildman–Crippen LogP) is 13.5. The van der Waals surface area contributed by atoms with Gasteiger partial charge in [0.1, 0.15) is 6.17 Å². The summed E-state index contributed by atoms with van der Waals surface area (Å²) in [7, 11) is 0. The number of fused-ring (bicyclic) bond motifs is 15. The molecule has 2 aromatic heterocycles. The zero-order valence-electron chi connectivity index (χ0n) is 32.2. The van der Waals surface area contributed by atoms with Gasteiger partial charge in [-0.1, -0.05) is 135 Å². The van der Waals surface area contributed by atoms with Crippen LogP contribution in [0.5, 0.6) is 0 Å². The molecule has 0 saturated carbocycles. The second-order valence-corrected chi connectivity index (χ2v) is 16.6. The van der Waals surface area contributed by atoms with Crippen molar-refractivity contribution in [3.63, 3.8) is 0 Å². The number of anilines is 2. The zero-order chi connectivity index (χ0) is 38.3. The van der Waals surface area contributed by atoms with Gasteiger partial charge in [-0.25, -0.2) is 0 Å². The maximum absolute atomic E-state index is 3.88. The van der Waals surface area contributed by atoms with Crippen molar-refractivity contribution in [3.8, 4) is 22.5 Å². The minimum atomic E-state index is -0.215. The number of para-hydroxylation sites is 6. The average molecular weight is 743 g/mol. The van der Waals surface area contributed by atoms with E-state index in [-0.39, 0.29) is 11.6 Å². The number of aromatic nitrogens is 2. The summed E-state index contributed by atoms with van der Waals surface area (Å²) in [4.78, 5) is 2.58. The van der Waals surface area contributed by atoms with Crippen LogP contribution >= 0.6 is 0 Å². The first-order valence-electron chi connectivity index (χ1n) is 20.3. The summed E-state index contributed by atoms with van der Waals surface area (Å²) >= 11 is 0. The van der Waals surface area contributed by atoms with Crippen LogP contribution in [0.4, 0.5) is 11.4 Å². The van der Waals surface area contributed by atoms with Crippen molar-refractivity contribution in [2.75, 3.05) is 10.2 Å². The minimum absolute atomic E-state index is 0.0529. The predicted molar refractivity (Wildman–Crippen MR) is 241 cm³/mol. The summed E-state index contributed by atoms with van der Waals surface area (Å²) in [6, 6.07) is 67.5. The topological polar surface area (TPSA) is 25.1 Å².